The van der Waals surface area contributed by atoms with E-state index in [4.69, 9.17) is 21.4 Å². The van der Waals surface area contributed by atoms with Gasteiger partial charge in [0.2, 0.25) is 0 Å². The topological polar surface area (TPSA) is 114 Å². The van der Waals surface area contributed by atoms with Crippen LogP contribution in [-0.4, -0.2) is 65.9 Å². The standard InChI is InChI=1S/C15H9ClF4N2O4S.C10H6F4O3/c16-8-6-1-2-7(26-15(18,19)20)9(17)10(6)27-11(8)12(23)22-3-14(4-22)5-25-13(24)21-14;11-7-5-6(2-4-9(15)16)1-3-8(7)17-10(12,13)14/h1-2H,3-5H2,(H,21,24);1-5H,(H,15,16)/b;4-2+. The third-order valence-corrected chi connectivity index (χ3v) is 7.53. The van der Waals surface area contributed by atoms with Crippen LogP contribution in [0.15, 0.2) is 36.4 Å². The lowest BCUT2D eigenvalue weighted by Gasteiger charge is -2.45. The summed E-state index contributed by atoms with van der Waals surface area (Å²) in [7, 11) is 0. The van der Waals surface area contributed by atoms with Crippen LogP contribution in [0.4, 0.5) is 39.9 Å². The van der Waals surface area contributed by atoms with Gasteiger partial charge in [-0.25, -0.2) is 18.4 Å². The van der Waals surface area contributed by atoms with Crippen LogP contribution in [0.3, 0.4) is 0 Å². The highest BCUT2D eigenvalue weighted by Gasteiger charge is 2.51. The molecule has 9 nitrogen and oxygen atoms in total. The van der Waals surface area contributed by atoms with E-state index in [1.165, 1.54) is 4.90 Å². The molecular weight excluding hydrogens is 660 g/mol. The molecule has 2 saturated heterocycles. The number of hydrogen-bond acceptors (Lipinski definition) is 7. The first kappa shape index (κ1) is 32.6. The molecule has 0 unspecified atom stereocenters. The number of carbonyl (C=O) groups excluding carboxylic acids is 2. The Balaban J connectivity index is 0.000000225. The van der Waals surface area contributed by atoms with Gasteiger partial charge in [-0.3, -0.25) is 4.79 Å². The van der Waals surface area contributed by atoms with Crippen LogP contribution in [-0.2, 0) is 9.53 Å². The minimum absolute atomic E-state index is 0.00480. The molecule has 0 radical (unpaired) electrons. The van der Waals surface area contributed by atoms with Crippen molar-refractivity contribution in [1.82, 2.24) is 10.2 Å². The number of likely N-dealkylation sites (tertiary alicyclic amines) is 1. The van der Waals surface area contributed by atoms with Crippen LogP contribution < -0.4 is 14.8 Å². The number of benzene rings is 2. The van der Waals surface area contributed by atoms with Crippen LogP contribution >= 0.6 is 22.9 Å². The molecule has 2 fully saturated rings. The molecule has 3 aromatic rings. The third kappa shape index (κ3) is 7.60. The lowest BCUT2D eigenvalue weighted by molar-refractivity contribution is -0.276. The van der Waals surface area contributed by atoms with Crippen molar-refractivity contribution in [3.63, 3.8) is 0 Å². The van der Waals surface area contributed by atoms with E-state index in [1.54, 1.807) is 0 Å². The van der Waals surface area contributed by atoms with Gasteiger partial charge in [-0.2, -0.15) is 0 Å². The number of hydrogen-bond donors (Lipinski definition) is 2. The van der Waals surface area contributed by atoms with Crippen LogP contribution in [0.25, 0.3) is 16.2 Å². The fraction of sp³-hybridized carbons (Fsp3) is 0.240. The molecule has 19 heteroatoms. The average molecular weight is 675 g/mol. The van der Waals surface area contributed by atoms with Gasteiger partial charge in [-0.05, 0) is 35.9 Å². The van der Waals surface area contributed by atoms with Crippen LogP contribution in [0.2, 0.25) is 5.02 Å². The summed E-state index contributed by atoms with van der Waals surface area (Å²) in [4.78, 5) is 35.3. The average Bonchev–Trinajstić information content (AvgIpc) is 3.44. The van der Waals surface area contributed by atoms with Crippen molar-refractivity contribution in [3.05, 3.63) is 63.5 Å². The van der Waals surface area contributed by atoms with Gasteiger partial charge in [0.05, 0.1) is 9.72 Å². The maximum absolute atomic E-state index is 14.4. The number of carboxylic acids is 1. The van der Waals surface area contributed by atoms with Gasteiger partial charge in [-0.1, -0.05) is 17.7 Å². The van der Waals surface area contributed by atoms with Crippen LogP contribution in [0.1, 0.15) is 15.2 Å². The highest BCUT2D eigenvalue weighted by atomic mass is 35.5. The Hall–Kier alpha value is -4.32. The maximum atomic E-state index is 14.4. The van der Waals surface area contributed by atoms with Crippen molar-refractivity contribution in [1.29, 1.82) is 0 Å². The molecule has 2 N–H and O–H groups in total. The van der Waals surface area contributed by atoms with Crippen LogP contribution in [0, 0.1) is 11.6 Å². The largest absolute Gasteiger partial charge is 0.573 e. The Bertz CT molecular complexity index is 1650. The number of amides is 2. The monoisotopic (exact) mass is 674 g/mol. The maximum Gasteiger partial charge on any atom is 0.573 e. The lowest BCUT2D eigenvalue weighted by atomic mass is 9.91. The molecular formula is C25H15ClF8N2O7S. The molecule has 0 saturated carbocycles. The minimum atomic E-state index is -5.05. The number of alkyl halides is 6. The Morgan fingerprint density at radius 1 is 1.05 bits per heavy atom. The number of fused-ring (bicyclic) bond motifs is 1. The highest BCUT2D eigenvalue weighted by molar-refractivity contribution is 7.21. The van der Waals surface area contributed by atoms with Gasteiger partial charge in [-0.15, -0.1) is 37.7 Å². The van der Waals surface area contributed by atoms with Crippen molar-refractivity contribution < 1.29 is 68.8 Å². The number of rotatable bonds is 5. The molecule has 236 valence electrons. The lowest BCUT2D eigenvalue weighted by Crippen LogP contribution is -2.69. The Morgan fingerprint density at radius 2 is 1.66 bits per heavy atom. The van der Waals surface area contributed by atoms with Gasteiger partial charge in [0.25, 0.3) is 5.91 Å². The van der Waals surface area contributed by atoms with Crippen molar-refractivity contribution >= 4 is 57.1 Å². The minimum Gasteiger partial charge on any atom is -0.478 e. The normalized spacial score (nSPS) is 15.8. The van der Waals surface area contributed by atoms with Crippen LogP contribution in [0.5, 0.6) is 11.5 Å². The smallest absolute Gasteiger partial charge is 0.478 e. The van der Waals surface area contributed by atoms with Crippen molar-refractivity contribution in [2.24, 2.45) is 0 Å². The van der Waals surface area contributed by atoms with Crippen molar-refractivity contribution in [2.45, 2.75) is 18.3 Å². The van der Waals surface area contributed by atoms with Gasteiger partial charge in [0.15, 0.2) is 23.1 Å². The second kappa shape index (κ2) is 12.0. The van der Waals surface area contributed by atoms with E-state index in [-0.39, 0.29) is 45.2 Å². The molecule has 2 aromatic carbocycles. The number of thiophene rings is 1. The second-order valence-corrected chi connectivity index (χ2v) is 10.5. The number of cyclic esters (lactones) is 1. The van der Waals surface area contributed by atoms with E-state index < -0.39 is 59.4 Å². The predicted octanol–water partition coefficient (Wildman–Crippen LogP) is 6.35. The van der Waals surface area contributed by atoms with E-state index in [0.29, 0.717) is 11.3 Å². The number of alkyl carbamates (subject to hydrolysis) is 1. The van der Waals surface area contributed by atoms with E-state index >= 15 is 0 Å². The van der Waals surface area contributed by atoms with Gasteiger partial charge in [0, 0.05) is 24.6 Å². The molecule has 2 aliphatic rings. The summed E-state index contributed by atoms with van der Waals surface area (Å²) in [6.45, 7) is 0.503. The van der Waals surface area contributed by atoms with E-state index in [2.05, 4.69) is 14.8 Å². The van der Waals surface area contributed by atoms with E-state index in [9.17, 15) is 49.5 Å². The zero-order valence-electron chi connectivity index (χ0n) is 21.3. The Labute approximate surface area is 249 Å². The molecule has 0 aliphatic carbocycles. The molecule has 1 spiro atoms. The molecule has 0 bridgehead atoms. The summed E-state index contributed by atoms with van der Waals surface area (Å²) in [6.07, 6.45) is -8.81. The van der Waals surface area contributed by atoms with E-state index in [1.807, 2.05) is 0 Å². The summed E-state index contributed by atoms with van der Waals surface area (Å²) in [5.74, 6) is -6.19. The molecule has 2 amide bonds. The fourth-order valence-corrected chi connectivity index (χ4v) is 5.55. The first-order valence-electron chi connectivity index (χ1n) is 11.7. The Morgan fingerprint density at radius 3 is 2.20 bits per heavy atom. The Kier molecular flexibility index (Phi) is 8.88. The number of aliphatic carboxylic acids is 1. The molecule has 2 aliphatic heterocycles. The number of halogens is 9. The molecule has 44 heavy (non-hydrogen) atoms. The summed E-state index contributed by atoms with van der Waals surface area (Å²) < 4.78 is 112. The van der Waals surface area contributed by atoms with Crippen molar-refractivity contribution in [2.75, 3.05) is 19.7 Å². The zero-order chi connectivity index (χ0) is 32.6. The van der Waals surface area contributed by atoms with E-state index in [0.717, 1.165) is 42.5 Å². The summed E-state index contributed by atoms with van der Waals surface area (Å²) >= 11 is 6.79. The second-order valence-electron chi connectivity index (χ2n) is 9.10. The molecule has 0 atom stereocenters. The first-order valence-corrected chi connectivity index (χ1v) is 12.9. The molecule has 1 aromatic heterocycles. The number of carbonyl (C=O) groups is 3. The number of carboxylic acid groups (broad SMARTS) is 1. The molecule has 3 heterocycles. The van der Waals surface area contributed by atoms with Gasteiger partial charge >= 0.3 is 24.8 Å². The first-order chi connectivity index (χ1) is 20.4. The molecule has 5 rings (SSSR count). The number of nitrogens with zero attached hydrogens (tertiary/aromatic N) is 1. The fourth-order valence-electron chi connectivity index (χ4n) is 4.05. The number of nitrogens with one attached hydrogen (secondary N) is 1. The SMILES string of the molecule is O=C(O)/C=C/c1ccc(OC(F)(F)F)c(F)c1.O=C1NC2(CO1)CN(C(=O)c1sc3c(F)c(OC(F)(F)F)ccc3c1Cl)C2. The highest BCUT2D eigenvalue weighted by Crippen LogP contribution is 2.42. The zero-order valence-corrected chi connectivity index (χ0v) is 22.9. The summed E-state index contributed by atoms with van der Waals surface area (Å²) in [6, 6.07) is 4.58. The number of ether oxygens (including phenoxy) is 3. The summed E-state index contributed by atoms with van der Waals surface area (Å²) in [5.41, 5.74) is -0.533. The van der Waals surface area contributed by atoms with Gasteiger partial charge in [0.1, 0.15) is 17.0 Å². The van der Waals surface area contributed by atoms with Gasteiger partial charge < -0.3 is 29.5 Å². The third-order valence-electron chi connectivity index (χ3n) is 5.84. The predicted molar refractivity (Wildman–Crippen MR) is 136 cm³/mol. The summed E-state index contributed by atoms with van der Waals surface area (Å²) in [5, 5.41) is 11.0. The quantitative estimate of drug-likeness (QED) is 0.240. The van der Waals surface area contributed by atoms with Crippen molar-refractivity contribution in [3.8, 4) is 11.5 Å².